The summed E-state index contributed by atoms with van der Waals surface area (Å²) in [6.45, 7) is 15.2. The van der Waals surface area contributed by atoms with Crippen molar-refractivity contribution in [1.82, 2.24) is 0 Å². The SMILES string of the molecule is C=CCOCCOCCOCCOCCOCCOCCOCCOCCOCCOCCOCCOCCOC(=O)CCCCC(=O)O. The van der Waals surface area contributed by atoms with Gasteiger partial charge in [-0.1, -0.05) is 6.08 Å². The summed E-state index contributed by atoms with van der Waals surface area (Å²) in [5, 5.41) is 8.55. The maximum absolute atomic E-state index is 11.5. The van der Waals surface area contributed by atoms with Crippen LogP contribution in [0.25, 0.3) is 0 Å². The highest BCUT2D eigenvalue weighted by atomic mass is 16.6. The fourth-order valence-corrected chi connectivity index (χ4v) is 3.42. The predicted octanol–water partition coefficient (Wildman–Crippen LogP) is 1.56. The van der Waals surface area contributed by atoms with Crippen molar-refractivity contribution in [3.05, 3.63) is 12.7 Å². The molecule has 0 aliphatic heterocycles. The van der Waals surface area contributed by atoms with Crippen LogP contribution in [0.3, 0.4) is 0 Å². The Bertz CT molecular complexity index is 700. The minimum absolute atomic E-state index is 0.0588. The van der Waals surface area contributed by atoms with E-state index >= 15 is 0 Å². The van der Waals surface area contributed by atoms with E-state index in [4.69, 9.17) is 66.7 Å². The van der Waals surface area contributed by atoms with E-state index in [1.54, 1.807) is 6.08 Å². The average Bonchev–Trinajstić information content (AvgIpc) is 3.09. The van der Waals surface area contributed by atoms with Gasteiger partial charge < -0.3 is 66.7 Å². The van der Waals surface area contributed by atoms with Gasteiger partial charge >= 0.3 is 11.9 Å². The summed E-state index contributed by atoms with van der Waals surface area (Å²) < 4.78 is 69.9. The van der Waals surface area contributed by atoms with E-state index in [9.17, 15) is 9.59 Å². The Labute approximate surface area is 291 Å². The zero-order chi connectivity index (χ0) is 35.6. The Hall–Kier alpha value is -1.80. The molecule has 0 aromatic rings. The number of hydrogen-bond donors (Lipinski definition) is 1. The van der Waals surface area contributed by atoms with Crippen LogP contribution in [-0.2, 0) is 71.2 Å². The van der Waals surface area contributed by atoms with Crippen molar-refractivity contribution < 1.29 is 76.3 Å². The molecular formula is C33H62O16. The first kappa shape index (κ1) is 47.2. The Morgan fingerprint density at radius 1 is 0.388 bits per heavy atom. The van der Waals surface area contributed by atoms with Gasteiger partial charge in [0.05, 0.1) is 159 Å². The highest BCUT2D eigenvalue weighted by Crippen LogP contribution is 2.01. The van der Waals surface area contributed by atoms with E-state index < -0.39 is 5.97 Å². The number of hydrogen-bond acceptors (Lipinski definition) is 15. The predicted molar refractivity (Wildman–Crippen MR) is 177 cm³/mol. The van der Waals surface area contributed by atoms with Crippen molar-refractivity contribution in [2.75, 3.05) is 165 Å². The molecule has 0 radical (unpaired) electrons. The van der Waals surface area contributed by atoms with Crippen LogP contribution in [0.1, 0.15) is 25.7 Å². The Balaban J connectivity index is 3.09. The van der Waals surface area contributed by atoms with Gasteiger partial charge in [0.15, 0.2) is 0 Å². The lowest BCUT2D eigenvalue weighted by molar-refractivity contribution is -0.146. The zero-order valence-electron chi connectivity index (χ0n) is 29.4. The molecule has 49 heavy (non-hydrogen) atoms. The lowest BCUT2D eigenvalue weighted by atomic mass is 10.2. The Morgan fingerprint density at radius 3 is 0.898 bits per heavy atom. The summed E-state index contributed by atoms with van der Waals surface area (Å²) >= 11 is 0. The average molecular weight is 715 g/mol. The summed E-state index contributed by atoms with van der Waals surface area (Å²) in [5.74, 6) is -1.21. The second kappa shape index (κ2) is 42.4. The van der Waals surface area contributed by atoms with E-state index in [0.29, 0.717) is 165 Å². The van der Waals surface area contributed by atoms with Crippen LogP contribution >= 0.6 is 0 Å². The van der Waals surface area contributed by atoms with Crippen LogP contribution in [0.2, 0.25) is 0 Å². The third kappa shape index (κ3) is 44.2. The molecular weight excluding hydrogens is 652 g/mol. The van der Waals surface area contributed by atoms with Gasteiger partial charge in [-0.3, -0.25) is 9.59 Å². The maximum atomic E-state index is 11.5. The molecule has 0 aliphatic carbocycles. The second-order valence-electron chi connectivity index (χ2n) is 9.92. The summed E-state index contributed by atoms with van der Waals surface area (Å²) in [5.41, 5.74) is 0. The van der Waals surface area contributed by atoms with Gasteiger partial charge in [0.25, 0.3) is 0 Å². The molecule has 0 saturated carbocycles. The topological polar surface area (TPSA) is 174 Å². The number of unbranched alkanes of at least 4 members (excludes halogenated alkanes) is 1. The Morgan fingerprint density at radius 2 is 0.633 bits per heavy atom. The van der Waals surface area contributed by atoms with Crippen LogP contribution < -0.4 is 0 Å². The van der Waals surface area contributed by atoms with Crippen molar-refractivity contribution in [3.8, 4) is 0 Å². The molecule has 0 unspecified atom stereocenters. The van der Waals surface area contributed by atoms with E-state index in [-0.39, 0.29) is 32.0 Å². The van der Waals surface area contributed by atoms with Gasteiger partial charge in [-0.15, -0.1) is 6.58 Å². The molecule has 0 heterocycles. The first-order valence-electron chi connectivity index (χ1n) is 17.1. The Kier molecular flexibility index (Phi) is 40.8. The molecule has 0 spiro atoms. The molecule has 0 amide bonds. The number of rotatable bonds is 43. The van der Waals surface area contributed by atoms with Gasteiger partial charge in [-0.05, 0) is 12.8 Å². The molecule has 0 fully saturated rings. The van der Waals surface area contributed by atoms with Crippen molar-refractivity contribution in [1.29, 1.82) is 0 Å². The van der Waals surface area contributed by atoms with Crippen LogP contribution in [0.15, 0.2) is 12.7 Å². The highest BCUT2D eigenvalue weighted by molar-refractivity contribution is 5.69. The summed E-state index contributed by atoms with van der Waals surface area (Å²) in [6, 6.07) is 0. The fraction of sp³-hybridized carbons (Fsp3) is 0.879. The van der Waals surface area contributed by atoms with Crippen molar-refractivity contribution in [3.63, 3.8) is 0 Å². The first-order chi connectivity index (χ1) is 24.2. The van der Waals surface area contributed by atoms with Crippen LogP contribution in [0.5, 0.6) is 0 Å². The molecule has 1 N–H and O–H groups in total. The largest absolute Gasteiger partial charge is 0.481 e. The minimum Gasteiger partial charge on any atom is -0.481 e. The number of ether oxygens (including phenoxy) is 13. The minimum atomic E-state index is -0.864. The lowest BCUT2D eigenvalue weighted by Gasteiger charge is -2.09. The summed E-state index contributed by atoms with van der Waals surface area (Å²) in [6.07, 6.45) is 2.93. The van der Waals surface area contributed by atoms with Gasteiger partial charge in [-0.2, -0.15) is 0 Å². The number of esters is 1. The number of carbonyl (C=O) groups is 2. The summed E-state index contributed by atoms with van der Waals surface area (Å²) in [7, 11) is 0. The monoisotopic (exact) mass is 714 g/mol. The number of carboxylic acids is 1. The van der Waals surface area contributed by atoms with E-state index in [1.165, 1.54) is 0 Å². The molecule has 0 aromatic heterocycles. The van der Waals surface area contributed by atoms with Crippen LogP contribution in [-0.4, -0.2) is 182 Å². The fourth-order valence-electron chi connectivity index (χ4n) is 3.42. The number of aliphatic carboxylic acids is 1. The van der Waals surface area contributed by atoms with Gasteiger partial charge in [0.1, 0.15) is 6.61 Å². The quantitative estimate of drug-likeness (QED) is 0.0547. The van der Waals surface area contributed by atoms with Crippen molar-refractivity contribution in [2.45, 2.75) is 25.7 Å². The van der Waals surface area contributed by atoms with E-state index in [2.05, 4.69) is 6.58 Å². The van der Waals surface area contributed by atoms with Crippen LogP contribution in [0.4, 0.5) is 0 Å². The summed E-state index contributed by atoms with van der Waals surface area (Å²) in [4.78, 5) is 21.9. The van der Waals surface area contributed by atoms with Crippen LogP contribution in [0, 0.1) is 0 Å². The third-order valence-electron chi connectivity index (χ3n) is 5.84. The molecule has 0 aromatic carbocycles. The maximum Gasteiger partial charge on any atom is 0.305 e. The van der Waals surface area contributed by atoms with Crippen molar-refractivity contribution in [2.24, 2.45) is 0 Å². The first-order valence-corrected chi connectivity index (χ1v) is 17.1. The van der Waals surface area contributed by atoms with Gasteiger partial charge in [0.2, 0.25) is 0 Å². The van der Waals surface area contributed by atoms with Gasteiger partial charge in [-0.25, -0.2) is 0 Å². The normalized spacial score (nSPS) is 11.3. The molecule has 0 saturated heterocycles. The van der Waals surface area contributed by atoms with Crippen molar-refractivity contribution >= 4 is 11.9 Å². The third-order valence-corrected chi connectivity index (χ3v) is 5.84. The molecule has 16 heteroatoms. The molecule has 16 nitrogen and oxygen atoms in total. The standard InChI is InChI=1S/C33H62O16/c1-2-7-37-8-9-38-10-11-39-12-13-40-14-15-41-16-17-42-18-19-43-20-21-44-22-23-45-24-25-46-26-27-47-28-29-48-30-31-49-33(36)6-4-3-5-32(34)35/h2H,1,3-31H2,(H,34,35). The zero-order valence-corrected chi connectivity index (χ0v) is 29.4. The smallest absolute Gasteiger partial charge is 0.305 e. The second-order valence-corrected chi connectivity index (χ2v) is 9.92. The van der Waals surface area contributed by atoms with E-state index in [1.807, 2.05) is 0 Å². The lowest BCUT2D eigenvalue weighted by Crippen LogP contribution is -2.15. The number of carboxylic acid groups (broad SMARTS) is 1. The number of carbonyl (C=O) groups excluding carboxylic acids is 1. The highest BCUT2D eigenvalue weighted by Gasteiger charge is 2.04. The molecule has 290 valence electrons. The molecule has 0 aliphatic rings. The van der Waals surface area contributed by atoms with Gasteiger partial charge in [0, 0.05) is 12.8 Å². The van der Waals surface area contributed by atoms with E-state index in [0.717, 1.165) is 0 Å². The molecule has 0 bridgehead atoms. The molecule has 0 atom stereocenters. The molecule has 0 rings (SSSR count).